The first-order valence-corrected chi connectivity index (χ1v) is 9.79. The molecule has 3 aromatic rings. The fourth-order valence-corrected chi connectivity index (χ4v) is 4.52. The van der Waals surface area contributed by atoms with E-state index >= 15 is 0 Å². The predicted octanol–water partition coefficient (Wildman–Crippen LogP) is 3.13. The number of ketones is 2. The van der Waals surface area contributed by atoms with Gasteiger partial charge in [0.05, 0.1) is 42.5 Å². The maximum Gasteiger partial charge on any atom is 0.174 e. The average Bonchev–Trinajstić information content (AvgIpc) is 3.05. The minimum atomic E-state index is -0.0945. The van der Waals surface area contributed by atoms with Crippen LogP contribution in [0.1, 0.15) is 22.5 Å². The first-order valence-electron chi connectivity index (χ1n) is 9.79. The number of fused-ring (bicyclic) bond motifs is 5. The van der Waals surface area contributed by atoms with Crippen molar-refractivity contribution in [1.29, 1.82) is 0 Å². The van der Waals surface area contributed by atoms with Gasteiger partial charge in [0.15, 0.2) is 11.6 Å². The molecule has 2 heterocycles. The number of Topliss-reactive ketones (excluding diaryl/α,β-unsaturated/α-hetero) is 2. The second-order valence-corrected chi connectivity index (χ2v) is 7.99. The number of methoxy groups -OCH3 is 1. The lowest BCUT2D eigenvalue weighted by molar-refractivity contribution is -0.113. The van der Waals surface area contributed by atoms with Gasteiger partial charge >= 0.3 is 0 Å². The van der Waals surface area contributed by atoms with Crippen molar-refractivity contribution in [3.05, 3.63) is 47.8 Å². The van der Waals surface area contributed by atoms with Crippen LogP contribution in [-0.4, -0.2) is 60.2 Å². The molecule has 148 valence electrons. The number of aromatic nitrogens is 1. The highest BCUT2D eigenvalue weighted by molar-refractivity contribution is 6.37. The van der Waals surface area contributed by atoms with Gasteiger partial charge in [-0.05, 0) is 37.7 Å². The minimum Gasteiger partial charge on any atom is -0.496 e. The summed E-state index contributed by atoms with van der Waals surface area (Å²) in [5, 5.41) is 2.89. The molecule has 0 unspecified atom stereocenters. The smallest absolute Gasteiger partial charge is 0.174 e. The number of rotatable bonds is 4. The molecule has 29 heavy (non-hydrogen) atoms. The number of carbonyl (C=O) groups excluding carboxylic acids is 2. The maximum absolute atomic E-state index is 13.0. The zero-order valence-electron chi connectivity index (χ0n) is 16.9. The largest absolute Gasteiger partial charge is 0.496 e. The van der Waals surface area contributed by atoms with Crippen molar-refractivity contribution >= 4 is 38.8 Å². The molecule has 1 aliphatic heterocycles. The zero-order chi connectivity index (χ0) is 20.3. The minimum absolute atomic E-state index is 0.0696. The number of carbonyl (C=O) groups is 2. The van der Waals surface area contributed by atoms with Crippen LogP contribution in [-0.2, 0) is 11.5 Å². The van der Waals surface area contributed by atoms with Gasteiger partial charge in [-0.1, -0.05) is 12.1 Å². The van der Waals surface area contributed by atoms with Crippen LogP contribution in [0.15, 0.2) is 36.5 Å². The van der Waals surface area contributed by atoms with E-state index < -0.39 is 0 Å². The third-order valence-corrected chi connectivity index (χ3v) is 5.89. The molecule has 2 aliphatic rings. The normalized spacial score (nSPS) is 16.0. The van der Waals surface area contributed by atoms with Crippen molar-refractivity contribution in [2.45, 2.75) is 13.1 Å². The summed E-state index contributed by atoms with van der Waals surface area (Å²) in [6, 6.07) is 9.99. The summed E-state index contributed by atoms with van der Waals surface area (Å²) in [6.45, 7) is 2.32. The number of hydrogen-bond donors (Lipinski definition) is 0. The first-order chi connectivity index (χ1) is 14.0. The molecular formula is C23H23N3O3. The number of ether oxygens (including phenoxy) is 1. The molecule has 0 bridgehead atoms. The van der Waals surface area contributed by atoms with E-state index in [2.05, 4.69) is 14.4 Å². The molecule has 1 aliphatic carbocycles. The van der Waals surface area contributed by atoms with Gasteiger partial charge < -0.3 is 19.1 Å². The number of nitrogens with zero attached hydrogens (tertiary/aromatic N) is 3. The Labute approximate surface area is 168 Å². The maximum atomic E-state index is 13.0. The molecule has 0 saturated heterocycles. The molecule has 0 amide bonds. The van der Waals surface area contributed by atoms with Crippen LogP contribution in [0.25, 0.3) is 27.2 Å². The second kappa shape index (κ2) is 6.46. The second-order valence-electron chi connectivity index (χ2n) is 7.99. The van der Waals surface area contributed by atoms with Crippen molar-refractivity contribution in [1.82, 2.24) is 14.4 Å². The number of likely N-dealkylation sites (N-methyl/N-ethyl adjacent to an activating group) is 1. The monoisotopic (exact) mass is 389 g/mol. The average molecular weight is 389 g/mol. The summed E-state index contributed by atoms with van der Waals surface area (Å²) in [7, 11) is 5.73. The molecule has 0 radical (unpaired) electrons. The number of hydrogen-bond acceptors (Lipinski definition) is 5. The van der Waals surface area contributed by atoms with Crippen molar-refractivity contribution in [3.8, 4) is 5.75 Å². The Morgan fingerprint density at radius 1 is 1.07 bits per heavy atom. The lowest BCUT2D eigenvalue weighted by Gasteiger charge is -2.31. The van der Waals surface area contributed by atoms with E-state index in [9.17, 15) is 9.59 Å². The van der Waals surface area contributed by atoms with Gasteiger partial charge in [-0.25, -0.2) is 0 Å². The summed E-state index contributed by atoms with van der Waals surface area (Å²) >= 11 is 0. The van der Waals surface area contributed by atoms with Gasteiger partial charge in [0.1, 0.15) is 5.75 Å². The quantitative estimate of drug-likeness (QED) is 0.642. The van der Waals surface area contributed by atoms with Crippen LogP contribution < -0.4 is 4.74 Å². The molecule has 0 saturated carbocycles. The number of allylic oxidation sites excluding steroid dienone is 1. The summed E-state index contributed by atoms with van der Waals surface area (Å²) < 4.78 is 7.66. The standard InChI is InChI=1S/C23H23N3O3/c1-24(2)9-10-25-12-16-18(27)11-19(28)22-21-15-5-4-6-20(29-3)14(15)7-8-17(21)26(13-25)23(16)22/h4-8,12H,9-11,13H2,1-3H3. The third kappa shape index (κ3) is 2.59. The molecule has 1 aromatic heterocycles. The zero-order valence-corrected chi connectivity index (χ0v) is 16.9. The Hall–Kier alpha value is -3.12. The van der Waals surface area contributed by atoms with Gasteiger partial charge in [-0.15, -0.1) is 0 Å². The van der Waals surface area contributed by atoms with Crippen molar-refractivity contribution in [2.75, 3.05) is 34.3 Å². The van der Waals surface area contributed by atoms with Crippen LogP contribution in [0.4, 0.5) is 0 Å². The van der Waals surface area contributed by atoms with Crippen LogP contribution >= 0.6 is 0 Å². The van der Waals surface area contributed by atoms with Crippen LogP contribution in [0.2, 0.25) is 0 Å². The molecule has 6 heteroatoms. The van der Waals surface area contributed by atoms with Gasteiger partial charge in [0.25, 0.3) is 0 Å². The molecule has 2 aromatic carbocycles. The van der Waals surface area contributed by atoms with E-state index in [1.807, 2.05) is 50.6 Å². The topological polar surface area (TPSA) is 54.8 Å². The Balaban J connectivity index is 1.80. The molecular weight excluding hydrogens is 366 g/mol. The van der Waals surface area contributed by atoms with Gasteiger partial charge in [0, 0.05) is 30.1 Å². The third-order valence-electron chi connectivity index (χ3n) is 5.89. The van der Waals surface area contributed by atoms with Crippen molar-refractivity contribution in [3.63, 3.8) is 0 Å². The molecule has 0 N–H and O–H groups in total. The van der Waals surface area contributed by atoms with Crippen LogP contribution in [0.5, 0.6) is 5.75 Å². The highest BCUT2D eigenvalue weighted by Crippen LogP contribution is 2.43. The fraction of sp³-hybridized carbons (Fsp3) is 0.304. The van der Waals surface area contributed by atoms with Gasteiger partial charge in [0.2, 0.25) is 0 Å². The summed E-state index contributed by atoms with van der Waals surface area (Å²) in [4.78, 5) is 30.0. The predicted molar refractivity (Wildman–Crippen MR) is 113 cm³/mol. The summed E-state index contributed by atoms with van der Waals surface area (Å²) in [6.07, 6.45) is 1.87. The van der Waals surface area contributed by atoms with E-state index in [1.54, 1.807) is 7.11 Å². The summed E-state index contributed by atoms with van der Waals surface area (Å²) in [5.74, 6) is 0.592. The van der Waals surface area contributed by atoms with Crippen LogP contribution in [0.3, 0.4) is 0 Å². The Bertz CT molecular complexity index is 1220. The molecule has 0 spiro atoms. The van der Waals surface area contributed by atoms with E-state index in [0.29, 0.717) is 17.8 Å². The lowest BCUT2D eigenvalue weighted by atomic mass is 9.88. The summed E-state index contributed by atoms with van der Waals surface area (Å²) in [5.41, 5.74) is 3.09. The van der Waals surface area contributed by atoms with Gasteiger partial charge in [-0.2, -0.15) is 0 Å². The van der Waals surface area contributed by atoms with Gasteiger partial charge in [-0.3, -0.25) is 9.59 Å². The van der Waals surface area contributed by atoms with Crippen LogP contribution in [0, 0.1) is 0 Å². The van der Waals surface area contributed by atoms with E-state index in [0.717, 1.165) is 46.2 Å². The fourth-order valence-electron chi connectivity index (χ4n) is 4.52. The Morgan fingerprint density at radius 2 is 1.90 bits per heavy atom. The van der Waals surface area contributed by atoms with Crippen molar-refractivity contribution < 1.29 is 14.3 Å². The highest BCUT2D eigenvalue weighted by Gasteiger charge is 2.37. The van der Waals surface area contributed by atoms with E-state index in [1.165, 1.54) is 0 Å². The molecule has 6 nitrogen and oxygen atoms in total. The first kappa shape index (κ1) is 17.9. The molecule has 0 fully saturated rings. The number of benzene rings is 2. The Morgan fingerprint density at radius 3 is 2.66 bits per heavy atom. The molecule has 0 atom stereocenters. The van der Waals surface area contributed by atoms with Crippen molar-refractivity contribution in [2.24, 2.45) is 0 Å². The van der Waals surface area contributed by atoms with E-state index in [4.69, 9.17) is 4.74 Å². The van der Waals surface area contributed by atoms with E-state index in [-0.39, 0.29) is 18.0 Å². The Kier molecular flexibility index (Phi) is 3.99. The lowest BCUT2D eigenvalue weighted by Crippen LogP contribution is -2.35. The highest BCUT2D eigenvalue weighted by atomic mass is 16.5. The SMILES string of the molecule is COc1cccc2c1ccc1c2c2c3n1CN(CCN(C)C)C=C3C(=O)CC2=O. The molecule has 5 rings (SSSR count).